The van der Waals surface area contributed by atoms with E-state index in [1.54, 1.807) is 6.07 Å². The van der Waals surface area contributed by atoms with E-state index in [0.717, 1.165) is 19.6 Å². The number of nitrogens with zero attached hydrogens (tertiary/aromatic N) is 1. The van der Waals surface area contributed by atoms with Crippen LogP contribution < -0.4 is 5.73 Å². The molecule has 2 aliphatic carbocycles. The number of rotatable bonds is 7. The molecule has 29 heavy (non-hydrogen) atoms. The Balaban J connectivity index is 1.69. The lowest BCUT2D eigenvalue weighted by molar-refractivity contribution is -0.137. The molecule has 1 aromatic rings. The lowest BCUT2D eigenvalue weighted by Gasteiger charge is -2.35. The molecule has 1 aromatic carbocycles. The Bertz CT molecular complexity index is 636. The zero-order valence-corrected chi connectivity index (χ0v) is 17.9. The number of hydrogen-bond acceptors (Lipinski definition) is 2. The van der Waals surface area contributed by atoms with Crippen LogP contribution in [-0.4, -0.2) is 24.5 Å². The Morgan fingerprint density at radius 1 is 0.897 bits per heavy atom. The second kappa shape index (κ2) is 10.5. The summed E-state index contributed by atoms with van der Waals surface area (Å²) in [5, 5.41) is -0.222. The topological polar surface area (TPSA) is 29.3 Å². The first kappa shape index (κ1) is 22.9. The van der Waals surface area contributed by atoms with Crippen LogP contribution in [0, 0.1) is 17.8 Å². The van der Waals surface area contributed by atoms with Gasteiger partial charge in [0.2, 0.25) is 0 Å². The van der Waals surface area contributed by atoms with E-state index in [-0.39, 0.29) is 5.02 Å². The van der Waals surface area contributed by atoms with Gasteiger partial charge in [-0.1, -0.05) is 36.9 Å². The van der Waals surface area contributed by atoms with Gasteiger partial charge < -0.3 is 5.73 Å². The standard InChI is InChI=1S/C23H34ClF3N2/c24-22-11-10-20(12-21(22)23(25,26)27)16-29(14-18-4-2-1-3-5-18)15-19-8-6-17(13-28)7-9-19/h10-12,17-19H,1-9,13-16,28H2. The molecule has 0 atom stereocenters. The van der Waals surface area contributed by atoms with E-state index < -0.39 is 11.7 Å². The van der Waals surface area contributed by atoms with Crippen LogP contribution in [0.5, 0.6) is 0 Å². The highest BCUT2D eigenvalue weighted by Crippen LogP contribution is 2.36. The molecule has 0 unspecified atom stereocenters. The van der Waals surface area contributed by atoms with Gasteiger partial charge in [0.05, 0.1) is 10.6 Å². The SMILES string of the molecule is NCC1CCC(CN(Cc2ccc(Cl)c(C(F)(F)F)c2)CC2CCCCC2)CC1. The van der Waals surface area contributed by atoms with Gasteiger partial charge in [-0.05, 0) is 80.5 Å². The summed E-state index contributed by atoms with van der Waals surface area (Å²) >= 11 is 5.81. The first-order chi connectivity index (χ1) is 13.8. The first-order valence-electron chi connectivity index (χ1n) is 11.1. The summed E-state index contributed by atoms with van der Waals surface area (Å²) in [6.07, 6.45) is 6.64. The van der Waals surface area contributed by atoms with Gasteiger partial charge in [-0.2, -0.15) is 13.2 Å². The van der Waals surface area contributed by atoms with Gasteiger partial charge >= 0.3 is 6.18 Å². The number of alkyl halides is 3. The molecule has 6 heteroatoms. The molecule has 0 spiro atoms. The quantitative estimate of drug-likeness (QED) is 0.534. The van der Waals surface area contributed by atoms with Gasteiger partial charge in [0.1, 0.15) is 0 Å². The summed E-state index contributed by atoms with van der Waals surface area (Å²) < 4.78 is 39.8. The van der Waals surface area contributed by atoms with E-state index in [1.165, 1.54) is 69.9 Å². The van der Waals surface area contributed by atoms with Gasteiger partial charge in [-0.15, -0.1) is 0 Å². The van der Waals surface area contributed by atoms with E-state index >= 15 is 0 Å². The molecule has 0 bridgehead atoms. The van der Waals surface area contributed by atoms with Crippen LogP contribution in [0.25, 0.3) is 0 Å². The van der Waals surface area contributed by atoms with Crippen LogP contribution in [0.3, 0.4) is 0 Å². The average Bonchev–Trinajstić information content (AvgIpc) is 2.70. The summed E-state index contributed by atoms with van der Waals surface area (Å²) in [7, 11) is 0. The van der Waals surface area contributed by atoms with Gasteiger partial charge in [0, 0.05) is 19.6 Å². The molecular weight excluding hydrogens is 397 g/mol. The highest BCUT2D eigenvalue weighted by atomic mass is 35.5. The van der Waals surface area contributed by atoms with Crippen molar-refractivity contribution >= 4 is 11.6 Å². The first-order valence-corrected chi connectivity index (χ1v) is 11.5. The largest absolute Gasteiger partial charge is 0.417 e. The second-order valence-electron chi connectivity index (χ2n) is 9.13. The molecule has 2 nitrogen and oxygen atoms in total. The van der Waals surface area contributed by atoms with E-state index in [9.17, 15) is 13.2 Å². The minimum absolute atomic E-state index is 0.222. The third kappa shape index (κ3) is 6.86. The predicted molar refractivity (Wildman–Crippen MR) is 113 cm³/mol. The number of hydrogen-bond donors (Lipinski definition) is 1. The Hall–Kier alpha value is -0.780. The lowest BCUT2D eigenvalue weighted by atomic mass is 9.81. The third-order valence-corrected chi connectivity index (χ3v) is 7.13. The van der Waals surface area contributed by atoms with Crippen LogP contribution in [0.4, 0.5) is 13.2 Å². The van der Waals surface area contributed by atoms with E-state index in [4.69, 9.17) is 17.3 Å². The zero-order valence-electron chi connectivity index (χ0n) is 17.2. The maximum atomic E-state index is 13.3. The van der Waals surface area contributed by atoms with Crippen molar-refractivity contribution in [1.29, 1.82) is 0 Å². The predicted octanol–water partition coefficient (Wildman–Crippen LogP) is 6.51. The van der Waals surface area contributed by atoms with Gasteiger partial charge in [0.25, 0.3) is 0 Å². The maximum absolute atomic E-state index is 13.3. The number of halogens is 4. The molecule has 0 radical (unpaired) electrons. The van der Waals surface area contributed by atoms with Crippen molar-refractivity contribution in [1.82, 2.24) is 4.90 Å². The van der Waals surface area contributed by atoms with Crippen molar-refractivity contribution in [2.45, 2.75) is 70.5 Å². The molecule has 0 saturated heterocycles. The van der Waals surface area contributed by atoms with Crippen molar-refractivity contribution in [3.8, 4) is 0 Å². The summed E-state index contributed by atoms with van der Waals surface area (Å²) in [6.45, 7) is 3.29. The van der Waals surface area contributed by atoms with Gasteiger partial charge in [-0.3, -0.25) is 4.90 Å². The lowest BCUT2D eigenvalue weighted by Crippen LogP contribution is -2.36. The fourth-order valence-corrected chi connectivity index (χ4v) is 5.32. The van der Waals surface area contributed by atoms with Crippen molar-refractivity contribution in [2.75, 3.05) is 19.6 Å². The molecule has 2 aliphatic rings. The van der Waals surface area contributed by atoms with E-state index in [2.05, 4.69) is 4.90 Å². The molecule has 0 aliphatic heterocycles. The van der Waals surface area contributed by atoms with E-state index in [0.29, 0.717) is 29.9 Å². The summed E-state index contributed by atoms with van der Waals surface area (Å²) in [4.78, 5) is 2.41. The normalized spacial score (nSPS) is 24.2. The molecule has 164 valence electrons. The Kier molecular flexibility index (Phi) is 8.29. The maximum Gasteiger partial charge on any atom is 0.417 e. The van der Waals surface area contributed by atoms with Gasteiger partial charge in [-0.25, -0.2) is 0 Å². The highest BCUT2D eigenvalue weighted by molar-refractivity contribution is 6.31. The van der Waals surface area contributed by atoms with E-state index in [1.807, 2.05) is 0 Å². The minimum atomic E-state index is -4.41. The molecule has 2 fully saturated rings. The Labute approximate surface area is 178 Å². The molecular formula is C23H34ClF3N2. The molecule has 2 N–H and O–H groups in total. The molecule has 0 aromatic heterocycles. The molecule has 0 amide bonds. The van der Waals surface area contributed by atoms with Crippen LogP contribution >= 0.6 is 11.6 Å². The molecule has 3 rings (SSSR count). The second-order valence-corrected chi connectivity index (χ2v) is 9.54. The zero-order chi connectivity index (χ0) is 20.9. The average molecular weight is 431 g/mol. The fraction of sp³-hybridized carbons (Fsp3) is 0.739. The van der Waals surface area contributed by atoms with Crippen LogP contribution in [0.15, 0.2) is 18.2 Å². The number of benzene rings is 1. The Morgan fingerprint density at radius 2 is 1.48 bits per heavy atom. The summed E-state index contributed by atoms with van der Waals surface area (Å²) in [5.74, 6) is 1.93. The Morgan fingerprint density at radius 3 is 2.07 bits per heavy atom. The van der Waals surface area contributed by atoms with Crippen molar-refractivity contribution in [3.63, 3.8) is 0 Å². The highest BCUT2D eigenvalue weighted by Gasteiger charge is 2.33. The van der Waals surface area contributed by atoms with Crippen molar-refractivity contribution in [2.24, 2.45) is 23.5 Å². The van der Waals surface area contributed by atoms with Crippen LogP contribution in [0.2, 0.25) is 5.02 Å². The van der Waals surface area contributed by atoms with Crippen LogP contribution in [0.1, 0.15) is 68.9 Å². The fourth-order valence-electron chi connectivity index (χ4n) is 5.10. The van der Waals surface area contributed by atoms with Crippen molar-refractivity contribution in [3.05, 3.63) is 34.3 Å². The van der Waals surface area contributed by atoms with Gasteiger partial charge in [0.15, 0.2) is 0 Å². The monoisotopic (exact) mass is 430 g/mol. The molecule has 0 heterocycles. The third-order valence-electron chi connectivity index (χ3n) is 6.80. The molecule has 2 saturated carbocycles. The van der Waals surface area contributed by atoms with Crippen LogP contribution in [-0.2, 0) is 12.7 Å². The number of nitrogens with two attached hydrogens (primary N) is 1. The van der Waals surface area contributed by atoms with Crippen molar-refractivity contribution < 1.29 is 13.2 Å². The smallest absolute Gasteiger partial charge is 0.330 e. The summed E-state index contributed by atoms with van der Waals surface area (Å²) in [5.41, 5.74) is 5.80. The summed E-state index contributed by atoms with van der Waals surface area (Å²) in [6, 6.07) is 4.38. The minimum Gasteiger partial charge on any atom is -0.330 e.